The van der Waals surface area contributed by atoms with E-state index < -0.39 is 17.1 Å². The van der Waals surface area contributed by atoms with E-state index in [-0.39, 0.29) is 23.9 Å². The Labute approximate surface area is 252 Å². The van der Waals surface area contributed by atoms with Crippen LogP contribution in [0.15, 0.2) is 107 Å². The van der Waals surface area contributed by atoms with Crippen molar-refractivity contribution in [3.05, 3.63) is 116 Å². The van der Waals surface area contributed by atoms with Gasteiger partial charge in [-0.25, -0.2) is 4.90 Å². The van der Waals surface area contributed by atoms with Gasteiger partial charge in [0.1, 0.15) is 5.70 Å². The summed E-state index contributed by atoms with van der Waals surface area (Å²) in [6.45, 7) is 0. The fourth-order valence-corrected chi connectivity index (χ4v) is 6.16. The maximum absolute atomic E-state index is 13.3. The average Bonchev–Trinajstić information content (AvgIpc) is 3.56. The first-order valence-corrected chi connectivity index (χ1v) is 15.0. The minimum Gasteiger partial charge on any atom is -0.321 e. The number of benzene rings is 3. The molecule has 1 saturated heterocycles. The van der Waals surface area contributed by atoms with Gasteiger partial charge in [0.15, 0.2) is 0 Å². The van der Waals surface area contributed by atoms with Crippen molar-refractivity contribution in [3.63, 3.8) is 0 Å². The summed E-state index contributed by atoms with van der Waals surface area (Å²) >= 11 is 4.89. The quantitative estimate of drug-likeness (QED) is 0.132. The van der Waals surface area contributed by atoms with Crippen molar-refractivity contribution in [2.75, 3.05) is 10.2 Å². The molecule has 1 atom stereocenters. The molecule has 1 aliphatic heterocycles. The monoisotopic (exact) mass is 679 g/mol. The van der Waals surface area contributed by atoms with E-state index in [4.69, 9.17) is 0 Å². The fourth-order valence-electron chi connectivity index (χ4n) is 4.03. The molecule has 4 aromatic rings. The molecule has 0 bridgehead atoms. The lowest BCUT2D eigenvalue weighted by atomic mass is 10.2. The number of nitrogens with zero attached hydrogens (tertiary/aromatic N) is 1. The average molecular weight is 680 g/mol. The van der Waals surface area contributed by atoms with E-state index in [1.165, 1.54) is 28.0 Å². The molecule has 7 nitrogen and oxygen atoms in total. The van der Waals surface area contributed by atoms with Crippen LogP contribution in [-0.4, -0.2) is 28.9 Å². The second-order valence-electron chi connectivity index (χ2n) is 8.73. The van der Waals surface area contributed by atoms with Crippen molar-refractivity contribution in [2.45, 2.75) is 16.6 Å². The molecule has 1 aromatic heterocycles. The number of carbonyl (C=O) groups is 4. The lowest BCUT2D eigenvalue weighted by Crippen LogP contribution is -2.31. The van der Waals surface area contributed by atoms with Crippen molar-refractivity contribution in [1.82, 2.24) is 5.32 Å². The Hall–Kier alpha value is -3.74. The van der Waals surface area contributed by atoms with E-state index in [9.17, 15) is 19.2 Å². The summed E-state index contributed by atoms with van der Waals surface area (Å²) in [7, 11) is 0. The molecule has 10 heteroatoms. The van der Waals surface area contributed by atoms with Gasteiger partial charge in [-0.2, -0.15) is 0 Å². The summed E-state index contributed by atoms with van der Waals surface area (Å²) in [5.41, 5.74) is 1.58. The Morgan fingerprint density at radius 2 is 1.73 bits per heavy atom. The molecule has 1 unspecified atom stereocenters. The molecule has 0 saturated carbocycles. The van der Waals surface area contributed by atoms with E-state index in [1.54, 1.807) is 60.7 Å². The van der Waals surface area contributed by atoms with Crippen LogP contribution in [0.3, 0.4) is 0 Å². The number of hydrogen-bond donors (Lipinski definition) is 2. The normalized spacial score (nSPS) is 15.3. The second-order valence-corrected chi connectivity index (χ2v) is 12.2. The molecule has 2 heterocycles. The Morgan fingerprint density at radius 1 is 0.950 bits per heavy atom. The third-order valence-corrected chi connectivity index (χ3v) is 8.64. The number of imide groups is 1. The smallest absolute Gasteiger partial charge is 0.272 e. The molecule has 3 aromatic carbocycles. The Kier molecular flexibility index (Phi) is 8.78. The van der Waals surface area contributed by atoms with Gasteiger partial charge >= 0.3 is 0 Å². The summed E-state index contributed by atoms with van der Waals surface area (Å²) in [4.78, 5) is 54.6. The predicted octanol–water partition coefficient (Wildman–Crippen LogP) is 6.19. The van der Waals surface area contributed by atoms with Crippen LogP contribution in [0.5, 0.6) is 0 Å². The van der Waals surface area contributed by atoms with Crippen molar-refractivity contribution < 1.29 is 19.2 Å². The van der Waals surface area contributed by atoms with Gasteiger partial charge in [-0.3, -0.25) is 19.2 Å². The number of thioether (sulfide) groups is 1. The highest BCUT2D eigenvalue weighted by molar-refractivity contribution is 14.1. The third kappa shape index (κ3) is 6.69. The topological polar surface area (TPSA) is 95.6 Å². The Morgan fingerprint density at radius 3 is 2.45 bits per heavy atom. The zero-order valence-electron chi connectivity index (χ0n) is 20.9. The maximum atomic E-state index is 13.3. The van der Waals surface area contributed by atoms with E-state index in [2.05, 4.69) is 33.2 Å². The molecule has 2 N–H and O–H groups in total. The van der Waals surface area contributed by atoms with Crippen LogP contribution in [0.25, 0.3) is 6.08 Å². The van der Waals surface area contributed by atoms with Crippen molar-refractivity contribution >= 4 is 86.8 Å². The number of thiophene rings is 1. The van der Waals surface area contributed by atoms with E-state index in [0.717, 1.165) is 13.3 Å². The van der Waals surface area contributed by atoms with Crippen molar-refractivity contribution in [2.24, 2.45) is 0 Å². The van der Waals surface area contributed by atoms with E-state index >= 15 is 0 Å². The maximum Gasteiger partial charge on any atom is 0.272 e. The molecule has 0 aliphatic carbocycles. The number of hydrogen-bond acceptors (Lipinski definition) is 6. The van der Waals surface area contributed by atoms with Crippen molar-refractivity contribution in [1.29, 1.82) is 0 Å². The fraction of sp³-hybridized carbons (Fsp3) is 0.0667. The Balaban J connectivity index is 1.30. The standard InChI is InChI=1S/C30H22IN3O4S2/c31-20-11-13-22(14-12-20)34-27(35)18-26(30(34)38)40-24-9-4-8-21(16-24)32-29(37)25(17-23-10-5-15-39-23)33-28(36)19-6-2-1-3-7-19/h1-17,26H,18H2,(H,32,37)(H,33,36). The molecular weight excluding hydrogens is 657 g/mol. The summed E-state index contributed by atoms with van der Waals surface area (Å²) in [6.07, 6.45) is 1.72. The first kappa shape index (κ1) is 27.8. The lowest BCUT2D eigenvalue weighted by Gasteiger charge is -2.15. The molecule has 0 spiro atoms. The van der Waals surface area contributed by atoms with Crippen LogP contribution >= 0.6 is 45.7 Å². The van der Waals surface area contributed by atoms with Gasteiger partial charge in [0.05, 0.1) is 10.9 Å². The SMILES string of the molecule is O=C(Nc1cccc(SC2CC(=O)N(c3ccc(I)cc3)C2=O)c1)C(=Cc1cccs1)NC(=O)c1ccccc1. The summed E-state index contributed by atoms with van der Waals surface area (Å²) in [6, 6.07) is 26.7. The number of amides is 4. The molecule has 1 aliphatic rings. The van der Waals surface area contributed by atoms with Crippen LogP contribution < -0.4 is 15.5 Å². The zero-order valence-corrected chi connectivity index (χ0v) is 24.7. The van der Waals surface area contributed by atoms with Crippen LogP contribution in [0.4, 0.5) is 11.4 Å². The molecular formula is C30H22IN3O4S2. The highest BCUT2D eigenvalue weighted by Gasteiger charge is 2.40. The number of anilines is 2. The minimum absolute atomic E-state index is 0.0886. The second kappa shape index (κ2) is 12.6. The van der Waals surface area contributed by atoms with Gasteiger partial charge in [0, 0.05) is 31.0 Å². The molecule has 5 rings (SSSR count). The largest absolute Gasteiger partial charge is 0.321 e. The Bertz CT molecular complexity index is 1590. The highest BCUT2D eigenvalue weighted by atomic mass is 127. The van der Waals surface area contributed by atoms with Crippen LogP contribution in [0, 0.1) is 3.57 Å². The summed E-state index contributed by atoms with van der Waals surface area (Å²) < 4.78 is 1.01. The highest BCUT2D eigenvalue weighted by Crippen LogP contribution is 2.35. The van der Waals surface area contributed by atoms with Gasteiger partial charge in [-0.05, 0) is 94.7 Å². The van der Waals surface area contributed by atoms with Gasteiger partial charge in [-0.15, -0.1) is 23.1 Å². The van der Waals surface area contributed by atoms with E-state index in [0.29, 0.717) is 16.9 Å². The molecule has 4 amide bonds. The van der Waals surface area contributed by atoms with Gasteiger partial charge in [-0.1, -0.05) is 30.3 Å². The molecule has 40 heavy (non-hydrogen) atoms. The van der Waals surface area contributed by atoms with Crippen LogP contribution in [0.2, 0.25) is 0 Å². The summed E-state index contributed by atoms with van der Waals surface area (Å²) in [5.74, 6) is -1.40. The number of nitrogens with one attached hydrogen (secondary N) is 2. The number of halogens is 1. The molecule has 1 fully saturated rings. The molecule has 200 valence electrons. The van der Waals surface area contributed by atoms with Crippen LogP contribution in [0.1, 0.15) is 21.7 Å². The first-order chi connectivity index (χ1) is 19.4. The van der Waals surface area contributed by atoms with Crippen LogP contribution in [-0.2, 0) is 14.4 Å². The van der Waals surface area contributed by atoms with E-state index in [1.807, 2.05) is 41.8 Å². The van der Waals surface area contributed by atoms with Gasteiger partial charge in [0.25, 0.3) is 11.8 Å². The number of rotatable bonds is 8. The summed E-state index contributed by atoms with van der Waals surface area (Å²) in [5, 5.41) is 6.88. The van der Waals surface area contributed by atoms with Gasteiger partial charge in [0.2, 0.25) is 11.8 Å². The molecule has 0 radical (unpaired) electrons. The number of carbonyl (C=O) groups excluding carboxylic acids is 4. The minimum atomic E-state index is -0.572. The first-order valence-electron chi connectivity index (χ1n) is 12.2. The third-order valence-electron chi connectivity index (χ3n) is 5.92. The van der Waals surface area contributed by atoms with Gasteiger partial charge < -0.3 is 10.6 Å². The predicted molar refractivity (Wildman–Crippen MR) is 167 cm³/mol. The van der Waals surface area contributed by atoms with Crippen molar-refractivity contribution in [3.8, 4) is 0 Å². The lowest BCUT2D eigenvalue weighted by molar-refractivity contribution is -0.121. The zero-order chi connectivity index (χ0) is 28.1.